The van der Waals surface area contributed by atoms with E-state index in [1.54, 1.807) is 12.1 Å². The van der Waals surface area contributed by atoms with Gasteiger partial charge in [0.15, 0.2) is 0 Å². The van der Waals surface area contributed by atoms with Gasteiger partial charge in [0.05, 0.1) is 23.2 Å². The molecule has 0 radical (unpaired) electrons. The molecule has 0 spiro atoms. The lowest BCUT2D eigenvalue weighted by Gasteiger charge is -2.04. The molecule has 1 heterocycles. The predicted octanol–water partition coefficient (Wildman–Crippen LogP) is 4.19. The van der Waals surface area contributed by atoms with Gasteiger partial charge in [0.1, 0.15) is 5.82 Å². The molecule has 0 fully saturated rings. The molecular formula is C18H18N2O2. The minimum Gasteiger partial charge on any atom is -0.462 e. The van der Waals surface area contributed by atoms with Gasteiger partial charge >= 0.3 is 5.97 Å². The highest BCUT2D eigenvalue weighted by molar-refractivity contribution is 5.90. The maximum atomic E-state index is 11.9. The molecule has 112 valence electrons. The number of nitrogens with one attached hydrogen (secondary N) is 1. The standard InChI is InChI=1S/C18H18N2O2/c1-2-3-12-22-18(21)14-10-8-13(9-11-14)17-19-15-6-4-5-7-16(15)20-17/h4-11H,2-3,12H2,1H3,(H,19,20). The van der Waals surface area contributed by atoms with Crippen LogP contribution in [0, 0.1) is 0 Å². The molecule has 22 heavy (non-hydrogen) atoms. The number of fused-ring (bicyclic) bond motifs is 1. The van der Waals surface area contributed by atoms with Crippen LogP contribution in [-0.2, 0) is 4.74 Å². The van der Waals surface area contributed by atoms with Crippen molar-refractivity contribution in [2.24, 2.45) is 0 Å². The average Bonchev–Trinajstić information content (AvgIpc) is 2.99. The molecule has 0 saturated heterocycles. The zero-order valence-corrected chi connectivity index (χ0v) is 12.5. The number of aromatic amines is 1. The topological polar surface area (TPSA) is 55.0 Å². The number of benzene rings is 2. The van der Waals surface area contributed by atoms with Crippen LogP contribution in [0.15, 0.2) is 48.5 Å². The Balaban J connectivity index is 1.77. The number of carbonyl (C=O) groups excluding carboxylic acids is 1. The number of aromatic nitrogens is 2. The minimum atomic E-state index is -0.274. The van der Waals surface area contributed by atoms with E-state index in [1.165, 1.54) is 0 Å². The number of hydrogen-bond acceptors (Lipinski definition) is 3. The fraction of sp³-hybridized carbons (Fsp3) is 0.222. The summed E-state index contributed by atoms with van der Waals surface area (Å²) in [6, 6.07) is 15.2. The van der Waals surface area contributed by atoms with Crippen molar-refractivity contribution in [3.63, 3.8) is 0 Å². The zero-order valence-electron chi connectivity index (χ0n) is 12.5. The van der Waals surface area contributed by atoms with Gasteiger partial charge in [-0.3, -0.25) is 0 Å². The maximum Gasteiger partial charge on any atom is 0.338 e. The summed E-state index contributed by atoms with van der Waals surface area (Å²) in [6.45, 7) is 2.54. The highest BCUT2D eigenvalue weighted by atomic mass is 16.5. The van der Waals surface area contributed by atoms with Crippen molar-refractivity contribution in [3.05, 3.63) is 54.1 Å². The van der Waals surface area contributed by atoms with Gasteiger partial charge in [-0.05, 0) is 30.7 Å². The highest BCUT2D eigenvalue weighted by Crippen LogP contribution is 2.20. The van der Waals surface area contributed by atoms with Crippen molar-refractivity contribution >= 4 is 17.0 Å². The van der Waals surface area contributed by atoms with Gasteiger partial charge in [-0.25, -0.2) is 9.78 Å². The summed E-state index contributed by atoms with van der Waals surface area (Å²) < 4.78 is 5.20. The van der Waals surface area contributed by atoms with E-state index in [0.29, 0.717) is 12.2 Å². The van der Waals surface area contributed by atoms with Crippen molar-refractivity contribution in [1.29, 1.82) is 0 Å². The van der Waals surface area contributed by atoms with Crippen molar-refractivity contribution in [3.8, 4) is 11.4 Å². The molecule has 0 unspecified atom stereocenters. The Labute approximate surface area is 129 Å². The molecule has 2 aromatic carbocycles. The molecule has 0 amide bonds. The Morgan fingerprint density at radius 3 is 2.64 bits per heavy atom. The van der Waals surface area contributed by atoms with Crippen molar-refractivity contribution in [1.82, 2.24) is 9.97 Å². The first-order chi connectivity index (χ1) is 10.8. The molecule has 4 heteroatoms. The Morgan fingerprint density at radius 2 is 1.91 bits per heavy atom. The lowest BCUT2D eigenvalue weighted by molar-refractivity contribution is 0.0500. The van der Waals surface area contributed by atoms with Crippen LogP contribution in [0.1, 0.15) is 30.1 Å². The molecule has 1 N–H and O–H groups in total. The van der Waals surface area contributed by atoms with E-state index in [1.807, 2.05) is 36.4 Å². The highest BCUT2D eigenvalue weighted by Gasteiger charge is 2.09. The summed E-state index contributed by atoms with van der Waals surface area (Å²) in [5, 5.41) is 0. The molecule has 3 rings (SSSR count). The number of unbranched alkanes of at least 4 members (excludes halogenated alkanes) is 1. The van der Waals surface area contributed by atoms with Crippen LogP contribution in [0.25, 0.3) is 22.4 Å². The van der Waals surface area contributed by atoms with E-state index in [0.717, 1.165) is 35.3 Å². The number of H-pyrrole nitrogens is 1. The van der Waals surface area contributed by atoms with Crippen molar-refractivity contribution in [2.45, 2.75) is 19.8 Å². The van der Waals surface area contributed by atoms with Gasteiger partial charge in [-0.2, -0.15) is 0 Å². The smallest absolute Gasteiger partial charge is 0.338 e. The van der Waals surface area contributed by atoms with Crippen molar-refractivity contribution in [2.75, 3.05) is 6.61 Å². The monoisotopic (exact) mass is 294 g/mol. The molecule has 3 aromatic rings. The van der Waals surface area contributed by atoms with Gasteiger partial charge in [-0.1, -0.05) is 37.6 Å². The lowest BCUT2D eigenvalue weighted by Crippen LogP contribution is -2.06. The summed E-state index contributed by atoms with van der Waals surface area (Å²) in [5.41, 5.74) is 3.44. The number of imidazole rings is 1. The van der Waals surface area contributed by atoms with Gasteiger partial charge in [0, 0.05) is 5.56 Å². The van der Waals surface area contributed by atoms with E-state index in [9.17, 15) is 4.79 Å². The third-order valence-corrected chi connectivity index (χ3v) is 3.51. The molecule has 0 aliphatic carbocycles. The molecule has 0 aliphatic heterocycles. The number of esters is 1. The first-order valence-corrected chi connectivity index (χ1v) is 7.50. The SMILES string of the molecule is CCCCOC(=O)c1ccc(-c2nc3ccccc3[nH]2)cc1. The van der Waals surface area contributed by atoms with E-state index in [-0.39, 0.29) is 5.97 Å². The Morgan fingerprint density at radius 1 is 1.14 bits per heavy atom. The number of nitrogens with zero attached hydrogens (tertiary/aromatic N) is 1. The molecule has 0 bridgehead atoms. The Kier molecular flexibility index (Phi) is 4.19. The van der Waals surface area contributed by atoms with E-state index < -0.39 is 0 Å². The second kappa shape index (κ2) is 6.43. The van der Waals surface area contributed by atoms with Gasteiger partial charge < -0.3 is 9.72 Å². The van der Waals surface area contributed by atoms with Crippen LogP contribution in [0.4, 0.5) is 0 Å². The van der Waals surface area contributed by atoms with Gasteiger partial charge in [0.25, 0.3) is 0 Å². The number of rotatable bonds is 5. The van der Waals surface area contributed by atoms with Gasteiger partial charge in [0.2, 0.25) is 0 Å². The molecule has 0 saturated carbocycles. The summed E-state index contributed by atoms with van der Waals surface area (Å²) >= 11 is 0. The van der Waals surface area contributed by atoms with Crippen molar-refractivity contribution < 1.29 is 9.53 Å². The first-order valence-electron chi connectivity index (χ1n) is 7.50. The zero-order chi connectivity index (χ0) is 15.4. The van der Waals surface area contributed by atoms with Crippen LogP contribution in [0.5, 0.6) is 0 Å². The number of hydrogen-bond donors (Lipinski definition) is 1. The number of ether oxygens (including phenoxy) is 1. The summed E-state index contributed by atoms with van der Waals surface area (Å²) in [7, 11) is 0. The lowest BCUT2D eigenvalue weighted by atomic mass is 10.1. The fourth-order valence-corrected chi connectivity index (χ4v) is 2.25. The third kappa shape index (κ3) is 3.01. The summed E-state index contributed by atoms with van der Waals surface area (Å²) in [4.78, 5) is 19.7. The molecule has 1 aromatic heterocycles. The first kappa shape index (κ1) is 14.3. The molecule has 0 atom stereocenters. The van der Waals surface area contributed by atoms with E-state index >= 15 is 0 Å². The normalized spacial score (nSPS) is 10.8. The fourth-order valence-electron chi connectivity index (χ4n) is 2.25. The summed E-state index contributed by atoms with van der Waals surface area (Å²) in [5.74, 6) is 0.525. The molecular weight excluding hydrogens is 276 g/mol. The molecule has 0 aliphatic rings. The van der Waals surface area contributed by atoms with E-state index in [4.69, 9.17) is 4.74 Å². The van der Waals surface area contributed by atoms with Crippen LogP contribution in [0.3, 0.4) is 0 Å². The maximum absolute atomic E-state index is 11.9. The third-order valence-electron chi connectivity index (χ3n) is 3.51. The number of carbonyl (C=O) groups is 1. The van der Waals surface area contributed by atoms with Crippen LogP contribution < -0.4 is 0 Å². The Hall–Kier alpha value is -2.62. The van der Waals surface area contributed by atoms with Crippen LogP contribution in [0.2, 0.25) is 0 Å². The minimum absolute atomic E-state index is 0.274. The second-order valence-electron chi connectivity index (χ2n) is 5.17. The Bertz CT molecular complexity index is 742. The largest absolute Gasteiger partial charge is 0.462 e. The molecule has 4 nitrogen and oxygen atoms in total. The van der Waals surface area contributed by atoms with Crippen LogP contribution in [-0.4, -0.2) is 22.5 Å². The van der Waals surface area contributed by atoms with Gasteiger partial charge in [-0.15, -0.1) is 0 Å². The quantitative estimate of drug-likeness (QED) is 0.567. The van der Waals surface area contributed by atoms with E-state index in [2.05, 4.69) is 16.9 Å². The second-order valence-corrected chi connectivity index (χ2v) is 5.17. The number of para-hydroxylation sites is 2. The summed E-state index contributed by atoms with van der Waals surface area (Å²) in [6.07, 6.45) is 1.90. The van der Waals surface area contributed by atoms with Crippen LogP contribution >= 0.6 is 0 Å². The average molecular weight is 294 g/mol. The predicted molar refractivity (Wildman–Crippen MR) is 86.7 cm³/mol.